The van der Waals surface area contributed by atoms with E-state index in [1.807, 2.05) is 6.20 Å². The maximum absolute atomic E-state index is 5.11. The van der Waals surface area contributed by atoms with E-state index in [0.29, 0.717) is 0 Å². The lowest BCUT2D eigenvalue weighted by molar-refractivity contribution is 0.841. The van der Waals surface area contributed by atoms with E-state index in [0.717, 1.165) is 24.4 Å². The van der Waals surface area contributed by atoms with Gasteiger partial charge in [0.05, 0.1) is 11.4 Å². The number of aromatic nitrogens is 1. The van der Waals surface area contributed by atoms with Crippen molar-refractivity contribution in [3.05, 3.63) is 162 Å². The van der Waals surface area contributed by atoms with Gasteiger partial charge in [-0.3, -0.25) is 0 Å². The van der Waals surface area contributed by atoms with Crippen molar-refractivity contribution in [2.75, 3.05) is 6.54 Å². The van der Waals surface area contributed by atoms with Crippen molar-refractivity contribution in [1.29, 1.82) is 0 Å². The van der Waals surface area contributed by atoms with Crippen LogP contribution >= 0.6 is 0 Å². The minimum Gasteiger partial charge on any atom is -0.387 e. The van der Waals surface area contributed by atoms with Gasteiger partial charge in [-0.1, -0.05) is 109 Å². The Labute approximate surface area is 252 Å². The standard InChI is InChI=1S/C41H32N2/c1-27-26-42-23-22-33(27)39-17-9-16-38(43-39)30-20-18-28-19-21-31(25-32(28)24-30)41-36-14-7-5-12-34(36)40(29-10-3-2-4-11-29)35-13-6-8-15-37(35)41/h2-24,31,42H,25-26H2,1H3. The van der Waals surface area contributed by atoms with Crippen LogP contribution in [-0.2, 0) is 6.42 Å². The van der Waals surface area contributed by atoms with Crippen LogP contribution < -0.4 is 5.32 Å². The van der Waals surface area contributed by atoms with Gasteiger partial charge in [-0.15, -0.1) is 0 Å². The molecule has 0 saturated carbocycles. The van der Waals surface area contributed by atoms with Crippen molar-refractivity contribution in [2.45, 2.75) is 19.3 Å². The highest BCUT2D eigenvalue weighted by Crippen LogP contribution is 2.44. The minimum atomic E-state index is 0.273. The van der Waals surface area contributed by atoms with Crippen LogP contribution in [0.15, 0.2) is 139 Å². The fourth-order valence-electron chi connectivity index (χ4n) is 6.95. The molecule has 0 radical (unpaired) electrons. The summed E-state index contributed by atoms with van der Waals surface area (Å²) in [6.07, 6.45) is 9.83. The number of allylic oxidation sites excluding steroid dienone is 3. The molecule has 1 atom stereocenters. The lowest BCUT2D eigenvalue weighted by Crippen LogP contribution is -2.13. The summed E-state index contributed by atoms with van der Waals surface area (Å²) < 4.78 is 0. The summed E-state index contributed by atoms with van der Waals surface area (Å²) >= 11 is 0. The second kappa shape index (κ2) is 10.6. The fraction of sp³-hybridized carbons (Fsp3) is 0.0976. The first-order chi connectivity index (χ1) is 21.2. The molecule has 1 aromatic heterocycles. The summed E-state index contributed by atoms with van der Waals surface area (Å²) in [7, 11) is 0. The lowest BCUT2D eigenvalue weighted by Gasteiger charge is -2.25. The van der Waals surface area contributed by atoms with Crippen LogP contribution in [0.2, 0.25) is 0 Å². The van der Waals surface area contributed by atoms with E-state index in [-0.39, 0.29) is 5.92 Å². The normalized spacial score (nSPS) is 16.0. The fourth-order valence-corrected chi connectivity index (χ4v) is 6.95. The van der Waals surface area contributed by atoms with Crippen molar-refractivity contribution in [2.24, 2.45) is 0 Å². The first kappa shape index (κ1) is 25.5. The van der Waals surface area contributed by atoms with E-state index in [1.54, 1.807) is 0 Å². The highest BCUT2D eigenvalue weighted by atomic mass is 14.8. The Kier molecular flexibility index (Phi) is 6.26. The Balaban J connectivity index is 1.23. The predicted octanol–water partition coefficient (Wildman–Crippen LogP) is 9.97. The summed E-state index contributed by atoms with van der Waals surface area (Å²) in [5, 5.41) is 8.59. The number of fused-ring (bicyclic) bond motifs is 3. The van der Waals surface area contributed by atoms with Gasteiger partial charge >= 0.3 is 0 Å². The summed E-state index contributed by atoms with van der Waals surface area (Å²) in [6.45, 7) is 3.03. The quantitative estimate of drug-likeness (QED) is 0.220. The van der Waals surface area contributed by atoms with Crippen LogP contribution in [0, 0.1) is 0 Å². The van der Waals surface area contributed by atoms with Gasteiger partial charge in [0.15, 0.2) is 0 Å². The van der Waals surface area contributed by atoms with E-state index in [4.69, 9.17) is 4.98 Å². The van der Waals surface area contributed by atoms with E-state index in [9.17, 15) is 0 Å². The van der Waals surface area contributed by atoms with Crippen LogP contribution in [0.3, 0.4) is 0 Å². The molecule has 1 aliphatic carbocycles. The Hall–Kier alpha value is -5.21. The summed E-state index contributed by atoms with van der Waals surface area (Å²) in [5.41, 5.74) is 12.4. The third kappa shape index (κ3) is 4.47. The van der Waals surface area contributed by atoms with E-state index >= 15 is 0 Å². The zero-order chi connectivity index (χ0) is 28.8. The molecule has 0 fully saturated rings. The molecule has 0 amide bonds. The number of hydrogen-bond donors (Lipinski definition) is 1. The van der Waals surface area contributed by atoms with Gasteiger partial charge in [0.2, 0.25) is 0 Å². The SMILES string of the molecule is CC1=C(c2cccc(-c3ccc4c(c3)CC(c3c5ccccc5c(-c5ccccc5)c5ccccc35)C=C4)n2)C=CNC1. The van der Waals surface area contributed by atoms with Crippen LogP contribution in [0.25, 0.3) is 55.6 Å². The molecule has 1 unspecified atom stereocenters. The number of nitrogens with one attached hydrogen (secondary N) is 1. The average Bonchev–Trinajstić information content (AvgIpc) is 3.07. The number of dihydropyridines is 1. The molecular formula is C41H32N2. The predicted molar refractivity (Wildman–Crippen MR) is 182 cm³/mol. The van der Waals surface area contributed by atoms with E-state index < -0.39 is 0 Å². The monoisotopic (exact) mass is 552 g/mol. The highest BCUT2D eigenvalue weighted by molar-refractivity contribution is 6.15. The molecule has 0 spiro atoms. The Morgan fingerprint density at radius 1 is 0.651 bits per heavy atom. The molecule has 1 aliphatic heterocycles. The largest absolute Gasteiger partial charge is 0.387 e. The number of rotatable bonds is 4. The van der Waals surface area contributed by atoms with Crippen molar-refractivity contribution in [3.8, 4) is 22.4 Å². The first-order valence-corrected chi connectivity index (χ1v) is 15.1. The summed E-state index contributed by atoms with van der Waals surface area (Å²) in [4.78, 5) is 5.11. The molecule has 206 valence electrons. The Morgan fingerprint density at radius 2 is 1.35 bits per heavy atom. The van der Waals surface area contributed by atoms with Crippen molar-refractivity contribution in [1.82, 2.24) is 10.3 Å². The van der Waals surface area contributed by atoms with Crippen molar-refractivity contribution < 1.29 is 0 Å². The second-order valence-corrected chi connectivity index (χ2v) is 11.6. The molecule has 2 heterocycles. The molecule has 0 saturated heterocycles. The number of hydrogen-bond acceptors (Lipinski definition) is 2. The lowest BCUT2D eigenvalue weighted by atomic mass is 9.78. The topological polar surface area (TPSA) is 24.9 Å². The van der Waals surface area contributed by atoms with Gasteiger partial charge in [0, 0.05) is 23.6 Å². The Morgan fingerprint density at radius 3 is 2.09 bits per heavy atom. The minimum absolute atomic E-state index is 0.273. The molecule has 2 nitrogen and oxygen atoms in total. The van der Waals surface area contributed by atoms with Gasteiger partial charge in [-0.25, -0.2) is 4.98 Å². The van der Waals surface area contributed by atoms with Gasteiger partial charge < -0.3 is 5.32 Å². The zero-order valence-corrected chi connectivity index (χ0v) is 24.2. The molecule has 2 heteroatoms. The molecule has 0 bridgehead atoms. The maximum atomic E-state index is 5.11. The van der Waals surface area contributed by atoms with Crippen LogP contribution in [-0.4, -0.2) is 11.5 Å². The van der Waals surface area contributed by atoms with Crippen LogP contribution in [0.4, 0.5) is 0 Å². The molecule has 6 aromatic rings. The van der Waals surface area contributed by atoms with Crippen molar-refractivity contribution in [3.63, 3.8) is 0 Å². The van der Waals surface area contributed by atoms with Gasteiger partial charge in [-0.2, -0.15) is 0 Å². The third-order valence-corrected chi connectivity index (χ3v) is 9.01. The summed E-state index contributed by atoms with van der Waals surface area (Å²) in [5.74, 6) is 0.273. The third-order valence-electron chi connectivity index (χ3n) is 9.01. The van der Waals surface area contributed by atoms with Gasteiger partial charge in [-0.05, 0) is 98.8 Å². The second-order valence-electron chi connectivity index (χ2n) is 11.6. The van der Waals surface area contributed by atoms with Gasteiger partial charge in [0.1, 0.15) is 0 Å². The average molecular weight is 553 g/mol. The number of benzene rings is 5. The summed E-state index contributed by atoms with van der Waals surface area (Å²) in [6, 6.07) is 41.9. The number of pyridine rings is 1. The molecule has 43 heavy (non-hydrogen) atoms. The van der Waals surface area contributed by atoms with E-state index in [2.05, 4.69) is 146 Å². The molecule has 5 aromatic carbocycles. The first-order valence-electron chi connectivity index (χ1n) is 15.1. The highest BCUT2D eigenvalue weighted by Gasteiger charge is 2.23. The number of nitrogens with zero attached hydrogens (tertiary/aromatic N) is 1. The van der Waals surface area contributed by atoms with Crippen LogP contribution in [0.1, 0.15) is 35.2 Å². The zero-order valence-electron chi connectivity index (χ0n) is 24.2. The van der Waals surface area contributed by atoms with Crippen LogP contribution in [0.5, 0.6) is 0 Å². The molecular weight excluding hydrogens is 520 g/mol. The van der Waals surface area contributed by atoms with Crippen molar-refractivity contribution >= 4 is 33.2 Å². The maximum Gasteiger partial charge on any atom is 0.0710 e. The smallest absolute Gasteiger partial charge is 0.0710 e. The molecule has 2 aliphatic rings. The molecule has 1 N–H and O–H groups in total. The van der Waals surface area contributed by atoms with E-state index in [1.165, 1.54) is 66.1 Å². The molecule has 8 rings (SSSR count). The Bertz CT molecular complexity index is 2060. The van der Waals surface area contributed by atoms with Gasteiger partial charge in [0.25, 0.3) is 0 Å².